The van der Waals surface area contributed by atoms with Crippen LogP contribution in [0.15, 0.2) is 136 Å². The number of anilines is 4. The molecule has 0 aliphatic heterocycles. The van der Waals surface area contributed by atoms with Crippen LogP contribution in [0.4, 0.5) is 22.7 Å². The van der Waals surface area contributed by atoms with E-state index in [1.165, 1.54) is 30.3 Å². The third-order valence-corrected chi connectivity index (χ3v) is 8.50. The SMILES string of the molecule is O=C(N/N=C/c1ccc(N(c2ccccc2)c2ccccc2)cc1)c1ccc(NS(=O)(=O)c2cccs2)cc1. The fourth-order valence-electron chi connectivity index (χ4n) is 3.85. The minimum Gasteiger partial charge on any atom is -0.311 e. The number of thiophene rings is 1. The molecule has 5 aromatic rings. The molecule has 0 spiro atoms. The maximum Gasteiger partial charge on any atom is 0.271 e. The number of para-hydroxylation sites is 2. The van der Waals surface area contributed by atoms with Crippen LogP contribution in [-0.2, 0) is 10.0 Å². The normalized spacial score (nSPS) is 11.3. The van der Waals surface area contributed by atoms with Gasteiger partial charge in [0.1, 0.15) is 4.21 Å². The van der Waals surface area contributed by atoms with Gasteiger partial charge >= 0.3 is 0 Å². The Labute approximate surface area is 231 Å². The predicted molar refractivity (Wildman–Crippen MR) is 158 cm³/mol. The summed E-state index contributed by atoms with van der Waals surface area (Å²) < 4.78 is 27.4. The van der Waals surface area contributed by atoms with Crippen LogP contribution in [0.1, 0.15) is 15.9 Å². The molecule has 39 heavy (non-hydrogen) atoms. The van der Waals surface area contributed by atoms with Crippen LogP contribution in [0.5, 0.6) is 0 Å². The van der Waals surface area contributed by atoms with Gasteiger partial charge in [-0.25, -0.2) is 13.8 Å². The van der Waals surface area contributed by atoms with Crippen LogP contribution in [0.25, 0.3) is 0 Å². The summed E-state index contributed by atoms with van der Waals surface area (Å²) in [6.45, 7) is 0. The zero-order valence-electron chi connectivity index (χ0n) is 20.6. The van der Waals surface area contributed by atoms with Crippen molar-refractivity contribution >= 4 is 56.2 Å². The molecule has 0 atom stereocenters. The van der Waals surface area contributed by atoms with Gasteiger partial charge in [-0.05, 0) is 77.7 Å². The molecule has 0 fully saturated rings. The molecule has 2 N–H and O–H groups in total. The van der Waals surface area contributed by atoms with Gasteiger partial charge in [-0.3, -0.25) is 9.52 Å². The lowest BCUT2D eigenvalue weighted by atomic mass is 10.1. The quantitative estimate of drug-likeness (QED) is 0.156. The van der Waals surface area contributed by atoms with Crippen LogP contribution >= 0.6 is 11.3 Å². The van der Waals surface area contributed by atoms with E-state index in [1.54, 1.807) is 17.7 Å². The van der Waals surface area contributed by atoms with Gasteiger partial charge in [0.05, 0.1) is 6.21 Å². The second-order valence-electron chi connectivity index (χ2n) is 8.41. The highest BCUT2D eigenvalue weighted by atomic mass is 32.2. The Morgan fingerprint density at radius 1 is 0.718 bits per heavy atom. The maximum absolute atomic E-state index is 12.5. The van der Waals surface area contributed by atoms with Crippen LogP contribution in [0, 0.1) is 0 Å². The van der Waals surface area contributed by atoms with E-state index >= 15 is 0 Å². The molecule has 194 valence electrons. The molecule has 5 rings (SSSR count). The third-order valence-electron chi connectivity index (χ3n) is 5.72. The van der Waals surface area contributed by atoms with Crippen molar-refractivity contribution in [3.8, 4) is 0 Å². The summed E-state index contributed by atoms with van der Waals surface area (Å²) in [5.41, 5.74) is 7.12. The van der Waals surface area contributed by atoms with Crippen molar-refractivity contribution in [3.63, 3.8) is 0 Å². The fourth-order valence-corrected chi connectivity index (χ4v) is 5.90. The minimum absolute atomic E-state index is 0.222. The summed E-state index contributed by atoms with van der Waals surface area (Å²) in [6, 6.07) is 37.4. The summed E-state index contributed by atoms with van der Waals surface area (Å²) in [5, 5.41) is 5.77. The zero-order chi connectivity index (χ0) is 27.1. The van der Waals surface area contributed by atoms with E-state index in [9.17, 15) is 13.2 Å². The number of nitrogens with zero attached hydrogens (tertiary/aromatic N) is 2. The lowest BCUT2D eigenvalue weighted by Crippen LogP contribution is -2.17. The monoisotopic (exact) mass is 552 g/mol. The first kappa shape index (κ1) is 25.9. The van der Waals surface area contributed by atoms with Gasteiger partial charge in [-0.15, -0.1) is 11.3 Å². The summed E-state index contributed by atoms with van der Waals surface area (Å²) >= 11 is 1.13. The Morgan fingerprint density at radius 3 is 1.87 bits per heavy atom. The van der Waals surface area contributed by atoms with E-state index in [0.29, 0.717) is 11.3 Å². The fraction of sp³-hybridized carbons (Fsp3) is 0. The highest BCUT2D eigenvalue weighted by Gasteiger charge is 2.15. The molecule has 0 aliphatic carbocycles. The Hall–Kier alpha value is -4.73. The van der Waals surface area contributed by atoms with E-state index in [4.69, 9.17) is 0 Å². The molecule has 1 aromatic heterocycles. The van der Waals surface area contributed by atoms with Gasteiger partial charge in [-0.1, -0.05) is 54.6 Å². The van der Waals surface area contributed by atoms with Gasteiger partial charge in [0.25, 0.3) is 15.9 Å². The standard InChI is InChI=1S/C30H24N4O3S2/c35-30(24-15-17-25(18-16-24)33-39(36,37)29-12-7-21-38-29)32-31-22-23-13-19-28(20-14-23)34(26-8-3-1-4-9-26)27-10-5-2-6-11-27/h1-22,33H,(H,32,35)/b31-22+. The topological polar surface area (TPSA) is 90.9 Å². The smallest absolute Gasteiger partial charge is 0.271 e. The molecule has 0 bridgehead atoms. The van der Waals surface area contributed by atoms with Gasteiger partial charge in [0, 0.05) is 28.3 Å². The minimum atomic E-state index is -3.65. The molecule has 4 aromatic carbocycles. The summed E-state index contributed by atoms with van der Waals surface area (Å²) in [5.74, 6) is -0.408. The van der Waals surface area contributed by atoms with Crippen LogP contribution < -0.4 is 15.0 Å². The van der Waals surface area contributed by atoms with Crippen molar-refractivity contribution in [2.45, 2.75) is 4.21 Å². The number of hydrogen-bond acceptors (Lipinski definition) is 6. The van der Waals surface area contributed by atoms with E-state index in [0.717, 1.165) is 34.0 Å². The molecule has 0 saturated carbocycles. The van der Waals surface area contributed by atoms with Gasteiger partial charge < -0.3 is 4.90 Å². The summed E-state index contributed by atoms with van der Waals surface area (Å²) in [7, 11) is -3.65. The van der Waals surface area contributed by atoms with Crippen molar-refractivity contribution in [1.82, 2.24) is 5.43 Å². The molecular formula is C30H24N4O3S2. The van der Waals surface area contributed by atoms with Crippen LogP contribution in [-0.4, -0.2) is 20.5 Å². The number of hydrazone groups is 1. The highest BCUT2D eigenvalue weighted by Crippen LogP contribution is 2.33. The number of carbonyl (C=O) groups excluding carboxylic acids is 1. The number of carbonyl (C=O) groups is 1. The average Bonchev–Trinajstić information content (AvgIpc) is 3.52. The molecule has 1 heterocycles. The molecule has 7 nitrogen and oxygen atoms in total. The Morgan fingerprint density at radius 2 is 1.31 bits per heavy atom. The van der Waals surface area contributed by atoms with Crippen molar-refractivity contribution in [2.24, 2.45) is 5.10 Å². The lowest BCUT2D eigenvalue weighted by molar-refractivity contribution is 0.0955. The molecule has 0 radical (unpaired) electrons. The van der Waals surface area contributed by atoms with E-state index in [2.05, 4.69) is 44.4 Å². The average molecular weight is 553 g/mol. The van der Waals surface area contributed by atoms with Crippen molar-refractivity contribution in [1.29, 1.82) is 0 Å². The maximum atomic E-state index is 12.5. The lowest BCUT2D eigenvalue weighted by Gasteiger charge is -2.25. The Balaban J connectivity index is 1.23. The summed E-state index contributed by atoms with van der Waals surface area (Å²) in [4.78, 5) is 14.7. The summed E-state index contributed by atoms with van der Waals surface area (Å²) in [6.07, 6.45) is 1.57. The van der Waals surface area contributed by atoms with E-state index in [1.807, 2.05) is 60.7 Å². The molecule has 9 heteroatoms. The van der Waals surface area contributed by atoms with Crippen LogP contribution in [0.3, 0.4) is 0 Å². The Kier molecular flexibility index (Phi) is 7.81. The van der Waals surface area contributed by atoms with Crippen molar-refractivity contribution in [2.75, 3.05) is 9.62 Å². The molecule has 0 saturated heterocycles. The molecule has 1 amide bonds. The number of sulfonamides is 1. The Bertz CT molecular complexity index is 1620. The number of rotatable bonds is 9. The first-order chi connectivity index (χ1) is 19.0. The van der Waals surface area contributed by atoms with Crippen molar-refractivity contribution in [3.05, 3.63) is 138 Å². The van der Waals surface area contributed by atoms with Gasteiger partial charge in [0.15, 0.2) is 0 Å². The number of benzene rings is 4. The second-order valence-corrected chi connectivity index (χ2v) is 11.3. The number of amides is 1. The van der Waals surface area contributed by atoms with Gasteiger partial charge in [-0.2, -0.15) is 5.10 Å². The first-order valence-electron chi connectivity index (χ1n) is 12.0. The van der Waals surface area contributed by atoms with Crippen molar-refractivity contribution < 1.29 is 13.2 Å². The first-order valence-corrected chi connectivity index (χ1v) is 14.4. The molecule has 0 aliphatic rings. The predicted octanol–water partition coefficient (Wildman–Crippen LogP) is 6.78. The van der Waals surface area contributed by atoms with E-state index < -0.39 is 15.9 Å². The second kappa shape index (κ2) is 11.8. The number of nitrogens with one attached hydrogen (secondary N) is 2. The largest absolute Gasteiger partial charge is 0.311 e. The highest BCUT2D eigenvalue weighted by molar-refractivity contribution is 7.94. The molecule has 0 unspecified atom stereocenters. The van der Waals surface area contributed by atoms with Crippen LogP contribution in [0.2, 0.25) is 0 Å². The van der Waals surface area contributed by atoms with E-state index in [-0.39, 0.29) is 4.21 Å². The number of hydrogen-bond donors (Lipinski definition) is 2. The third kappa shape index (κ3) is 6.40. The molecular weight excluding hydrogens is 528 g/mol. The van der Waals surface area contributed by atoms with Gasteiger partial charge in [0.2, 0.25) is 0 Å². The zero-order valence-corrected chi connectivity index (χ0v) is 22.3.